The number of hydrogen-bond acceptors (Lipinski definition) is 5. The molecule has 0 spiro atoms. The Labute approximate surface area is 298 Å². The summed E-state index contributed by atoms with van der Waals surface area (Å²) >= 11 is 0. The Morgan fingerprint density at radius 3 is 1.21 bits per heavy atom. The summed E-state index contributed by atoms with van der Waals surface area (Å²) in [6, 6.07) is -0.985. The molecule has 1 amide bonds. The molecule has 0 saturated carbocycles. The molecule has 0 aromatic carbocycles. The summed E-state index contributed by atoms with van der Waals surface area (Å²) in [5.74, 6) is -0.591. The maximum atomic E-state index is 12.5. The van der Waals surface area contributed by atoms with Crippen molar-refractivity contribution >= 4 is 5.91 Å². The van der Waals surface area contributed by atoms with Crippen LogP contribution in [0, 0.1) is 0 Å². The number of carbonyl (C=O) groups excluding carboxylic acids is 1. The molecule has 0 fully saturated rings. The van der Waals surface area contributed by atoms with Crippen LogP contribution in [0.1, 0.15) is 219 Å². The summed E-state index contributed by atoms with van der Waals surface area (Å²) in [5.41, 5.74) is 0. The third-order valence-electron chi connectivity index (χ3n) is 9.98. The van der Waals surface area contributed by atoms with Gasteiger partial charge in [-0.1, -0.05) is 193 Å². The summed E-state index contributed by atoms with van der Waals surface area (Å²) < 4.78 is 0. The average Bonchev–Trinajstić information content (AvgIpc) is 3.09. The van der Waals surface area contributed by atoms with E-state index in [-0.39, 0.29) is 0 Å². The zero-order valence-electron chi connectivity index (χ0n) is 32.0. The minimum Gasteiger partial charge on any atom is -0.394 e. The van der Waals surface area contributed by atoms with Crippen molar-refractivity contribution in [2.24, 2.45) is 0 Å². The Morgan fingerprint density at radius 2 is 0.833 bits per heavy atom. The minimum absolute atomic E-state index is 0.357. The second-order valence-electron chi connectivity index (χ2n) is 14.7. The quantitative estimate of drug-likeness (QED) is 0.0329. The van der Waals surface area contributed by atoms with Crippen LogP contribution < -0.4 is 5.32 Å². The van der Waals surface area contributed by atoms with Crippen LogP contribution in [0.4, 0.5) is 0 Å². The number of allylic oxidation sites excluding steroid dienone is 2. The van der Waals surface area contributed by atoms with Gasteiger partial charge in [0.05, 0.1) is 18.8 Å². The molecule has 48 heavy (non-hydrogen) atoms. The van der Waals surface area contributed by atoms with E-state index in [1.54, 1.807) is 0 Å². The fraction of sp³-hybridized carbons (Fsp3) is 0.929. The molecular weight excluding hydrogens is 598 g/mol. The fourth-order valence-electron chi connectivity index (χ4n) is 6.57. The largest absolute Gasteiger partial charge is 0.394 e. The lowest BCUT2D eigenvalue weighted by molar-refractivity contribution is -0.132. The molecule has 0 bridgehead atoms. The standard InChI is InChI=1S/C42H83NO5/c1-3-5-7-9-11-13-15-17-19-20-22-23-25-27-29-31-33-35-39(45)41(47)38(37-44)43-42(48)40(46)36-34-32-30-28-26-24-21-18-16-14-12-10-8-6-4-2/h21,24,38-41,44-47H,3-20,22-23,25-37H2,1-2H3,(H,43,48)/b24-21-. The van der Waals surface area contributed by atoms with Gasteiger partial charge < -0.3 is 25.7 Å². The van der Waals surface area contributed by atoms with E-state index in [1.165, 1.54) is 141 Å². The minimum atomic E-state index is -1.26. The third-order valence-corrected chi connectivity index (χ3v) is 9.98. The number of hydrogen-bond donors (Lipinski definition) is 5. The normalized spacial score (nSPS) is 14.4. The molecule has 0 aliphatic carbocycles. The Morgan fingerprint density at radius 1 is 0.500 bits per heavy atom. The van der Waals surface area contributed by atoms with Gasteiger partial charge in [-0.05, 0) is 38.5 Å². The zero-order chi connectivity index (χ0) is 35.3. The maximum Gasteiger partial charge on any atom is 0.249 e. The van der Waals surface area contributed by atoms with Gasteiger partial charge in [0, 0.05) is 0 Å². The molecule has 0 aromatic rings. The van der Waals surface area contributed by atoms with Crippen molar-refractivity contribution in [1.29, 1.82) is 0 Å². The number of nitrogens with one attached hydrogen (secondary N) is 1. The highest BCUT2D eigenvalue weighted by molar-refractivity contribution is 5.80. The molecular formula is C42H83NO5. The van der Waals surface area contributed by atoms with Crippen molar-refractivity contribution < 1.29 is 25.2 Å². The molecule has 4 unspecified atom stereocenters. The number of aliphatic hydroxyl groups excluding tert-OH is 4. The Hall–Kier alpha value is -0.950. The van der Waals surface area contributed by atoms with E-state index < -0.39 is 36.9 Å². The van der Waals surface area contributed by atoms with Gasteiger partial charge in [-0.3, -0.25) is 4.79 Å². The van der Waals surface area contributed by atoms with Crippen LogP contribution in [0.3, 0.4) is 0 Å². The summed E-state index contributed by atoms with van der Waals surface area (Å²) in [6.07, 6.45) is 39.5. The van der Waals surface area contributed by atoms with Crippen LogP contribution in [0.2, 0.25) is 0 Å². The Kier molecular flexibility index (Phi) is 36.6. The summed E-state index contributed by atoms with van der Waals surface area (Å²) in [7, 11) is 0. The molecule has 0 rings (SSSR count). The first-order valence-corrected chi connectivity index (χ1v) is 21.1. The van der Waals surface area contributed by atoms with Gasteiger partial charge in [0.2, 0.25) is 5.91 Å². The zero-order valence-corrected chi connectivity index (χ0v) is 32.0. The predicted octanol–water partition coefficient (Wildman–Crippen LogP) is 10.6. The first kappa shape index (κ1) is 47.0. The van der Waals surface area contributed by atoms with E-state index in [9.17, 15) is 25.2 Å². The van der Waals surface area contributed by atoms with Crippen LogP contribution in [-0.2, 0) is 4.79 Å². The Balaban J connectivity index is 3.76. The van der Waals surface area contributed by atoms with Crippen molar-refractivity contribution in [2.75, 3.05) is 6.61 Å². The molecule has 0 radical (unpaired) electrons. The summed E-state index contributed by atoms with van der Waals surface area (Å²) in [6.45, 7) is 4.04. The van der Waals surface area contributed by atoms with Gasteiger partial charge in [0.1, 0.15) is 12.2 Å². The monoisotopic (exact) mass is 682 g/mol. The van der Waals surface area contributed by atoms with E-state index in [1.807, 2.05) is 0 Å². The topological polar surface area (TPSA) is 110 Å². The van der Waals surface area contributed by atoms with Gasteiger partial charge in [-0.2, -0.15) is 0 Å². The lowest BCUT2D eigenvalue weighted by Crippen LogP contribution is -2.53. The summed E-state index contributed by atoms with van der Waals surface area (Å²) in [4.78, 5) is 12.5. The molecule has 0 aromatic heterocycles. The summed E-state index contributed by atoms with van der Waals surface area (Å²) in [5, 5.41) is 43.6. The Bertz CT molecular complexity index is 687. The van der Waals surface area contributed by atoms with Gasteiger partial charge in [0.25, 0.3) is 0 Å². The van der Waals surface area contributed by atoms with Gasteiger partial charge in [0.15, 0.2) is 0 Å². The highest BCUT2D eigenvalue weighted by Crippen LogP contribution is 2.16. The first-order chi connectivity index (χ1) is 23.5. The van der Waals surface area contributed by atoms with Crippen molar-refractivity contribution in [3.8, 4) is 0 Å². The van der Waals surface area contributed by atoms with E-state index >= 15 is 0 Å². The van der Waals surface area contributed by atoms with Gasteiger partial charge in [-0.15, -0.1) is 0 Å². The van der Waals surface area contributed by atoms with Crippen molar-refractivity contribution in [2.45, 2.75) is 244 Å². The van der Waals surface area contributed by atoms with Crippen LogP contribution >= 0.6 is 0 Å². The van der Waals surface area contributed by atoms with E-state index in [0.717, 1.165) is 51.4 Å². The molecule has 4 atom stereocenters. The lowest BCUT2D eigenvalue weighted by Gasteiger charge is -2.27. The molecule has 0 heterocycles. The lowest BCUT2D eigenvalue weighted by atomic mass is 9.99. The highest BCUT2D eigenvalue weighted by Gasteiger charge is 2.28. The van der Waals surface area contributed by atoms with Crippen molar-refractivity contribution in [3.63, 3.8) is 0 Å². The van der Waals surface area contributed by atoms with E-state index in [2.05, 4.69) is 31.3 Å². The fourth-order valence-corrected chi connectivity index (χ4v) is 6.57. The van der Waals surface area contributed by atoms with Crippen molar-refractivity contribution in [1.82, 2.24) is 5.32 Å². The third kappa shape index (κ3) is 31.1. The molecule has 6 nitrogen and oxygen atoms in total. The molecule has 5 N–H and O–H groups in total. The first-order valence-electron chi connectivity index (χ1n) is 21.1. The predicted molar refractivity (Wildman–Crippen MR) is 205 cm³/mol. The van der Waals surface area contributed by atoms with Gasteiger partial charge >= 0.3 is 0 Å². The van der Waals surface area contributed by atoms with E-state index in [0.29, 0.717) is 12.8 Å². The maximum absolute atomic E-state index is 12.5. The average molecular weight is 682 g/mol. The van der Waals surface area contributed by atoms with Crippen molar-refractivity contribution in [3.05, 3.63) is 12.2 Å². The molecule has 0 aliphatic heterocycles. The molecule has 6 heteroatoms. The highest BCUT2D eigenvalue weighted by atomic mass is 16.3. The van der Waals surface area contributed by atoms with Gasteiger partial charge in [-0.25, -0.2) is 0 Å². The number of rotatable bonds is 38. The second kappa shape index (κ2) is 37.3. The number of amides is 1. The number of carbonyl (C=O) groups is 1. The SMILES string of the molecule is CCCCCCCCC/C=C\CCCCCCC(O)C(=O)NC(CO)C(O)C(O)CCCCCCCCCCCCCCCCCCC. The van der Waals surface area contributed by atoms with Crippen LogP contribution in [0.15, 0.2) is 12.2 Å². The second-order valence-corrected chi connectivity index (χ2v) is 14.7. The van der Waals surface area contributed by atoms with Crippen LogP contribution in [-0.4, -0.2) is 57.3 Å². The number of unbranched alkanes of at least 4 members (excludes halogenated alkanes) is 27. The smallest absolute Gasteiger partial charge is 0.249 e. The van der Waals surface area contributed by atoms with Crippen LogP contribution in [0.25, 0.3) is 0 Å². The molecule has 286 valence electrons. The van der Waals surface area contributed by atoms with E-state index in [4.69, 9.17) is 0 Å². The number of aliphatic hydroxyl groups is 4. The molecule has 0 saturated heterocycles. The molecule has 0 aliphatic rings. The van der Waals surface area contributed by atoms with Crippen LogP contribution in [0.5, 0.6) is 0 Å².